The van der Waals surface area contributed by atoms with Crippen molar-refractivity contribution in [3.63, 3.8) is 0 Å². The number of hydrogen-bond donors (Lipinski definition) is 0. The first kappa shape index (κ1) is 50.3. The van der Waals surface area contributed by atoms with E-state index in [-0.39, 0.29) is 5.41 Å². The van der Waals surface area contributed by atoms with E-state index >= 15 is 0 Å². The van der Waals surface area contributed by atoms with E-state index in [4.69, 9.17) is 0 Å². The molecule has 4 nitrogen and oxygen atoms in total. The maximum absolute atomic E-state index is 3.46. The summed E-state index contributed by atoms with van der Waals surface area (Å²) in [6.45, 7) is 10.2. The molecule has 12 aromatic carbocycles. The smallest absolute Gasteiger partial charge is 0.0641 e. The third-order valence-electron chi connectivity index (χ3n) is 17.4. The number of allylic oxidation sites excluding steroid dienone is 3. The van der Waals surface area contributed by atoms with Gasteiger partial charge in [-0.25, -0.2) is 0 Å². The van der Waals surface area contributed by atoms with Gasteiger partial charge in [0.05, 0.1) is 33.1 Å². The van der Waals surface area contributed by atoms with E-state index in [0.717, 1.165) is 39.5 Å². The highest BCUT2D eigenvalue weighted by Crippen LogP contribution is 2.51. The summed E-state index contributed by atoms with van der Waals surface area (Å²) in [5.41, 5.74) is 23.8. The average Bonchev–Trinajstić information content (AvgIpc) is 1.64. The zero-order valence-corrected chi connectivity index (χ0v) is 47.3. The Morgan fingerprint density at radius 2 is 0.762 bits per heavy atom. The second-order valence-corrected chi connectivity index (χ2v) is 22.4. The lowest BCUT2D eigenvalue weighted by Crippen LogP contribution is -2.15. The second kappa shape index (κ2) is 20.4. The van der Waals surface area contributed by atoms with Gasteiger partial charge in [-0.2, -0.15) is 0 Å². The maximum Gasteiger partial charge on any atom is 0.0641 e. The Hall–Kier alpha value is -10.7. The van der Waals surface area contributed by atoms with Crippen molar-refractivity contribution in [1.29, 1.82) is 0 Å². The van der Waals surface area contributed by atoms with Crippen LogP contribution in [0.3, 0.4) is 0 Å². The molecule has 1 aliphatic carbocycles. The number of aromatic nitrogens is 3. The van der Waals surface area contributed by atoms with E-state index in [2.05, 4.69) is 318 Å². The van der Waals surface area contributed by atoms with Gasteiger partial charge >= 0.3 is 0 Å². The molecule has 1 aliphatic rings. The first-order chi connectivity index (χ1) is 41.4. The molecule has 3 aromatic heterocycles. The number of fused-ring (bicyclic) bond motifs is 14. The van der Waals surface area contributed by atoms with Crippen molar-refractivity contribution in [2.75, 3.05) is 4.90 Å². The topological polar surface area (TPSA) is 18.0 Å². The molecule has 3 heterocycles. The number of benzene rings is 12. The summed E-state index contributed by atoms with van der Waals surface area (Å²) in [4.78, 5) is 2.34. The van der Waals surface area contributed by atoms with Crippen LogP contribution in [0.5, 0.6) is 0 Å². The number of nitrogens with zero attached hydrogens (tertiary/aromatic N) is 4. The fourth-order valence-corrected chi connectivity index (χ4v) is 13.5. The van der Waals surface area contributed by atoms with Gasteiger partial charge in [-0.1, -0.05) is 221 Å². The molecule has 0 radical (unpaired) electrons. The first-order valence-corrected chi connectivity index (χ1v) is 29.1. The third kappa shape index (κ3) is 8.05. The van der Waals surface area contributed by atoms with Gasteiger partial charge in [-0.15, -0.1) is 0 Å². The Bertz CT molecular complexity index is 5020. The van der Waals surface area contributed by atoms with Crippen molar-refractivity contribution in [1.82, 2.24) is 13.7 Å². The fraction of sp³-hybridized carbons (Fsp3) is 0.0500. The molecule has 400 valence electrons. The number of para-hydroxylation sites is 3. The molecular formula is C80H60N4. The zero-order chi connectivity index (χ0) is 56.5. The van der Waals surface area contributed by atoms with Gasteiger partial charge in [-0.3, -0.25) is 0 Å². The first-order valence-electron chi connectivity index (χ1n) is 29.1. The van der Waals surface area contributed by atoms with Gasteiger partial charge < -0.3 is 18.6 Å². The lowest BCUT2D eigenvalue weighted by atomic mass is 9.82. The minimum atomic E-state index is -0.128. The summed E-state index contributed by atoms with van der Waals surface area (Å²) in [5.74, 6) is 0. The van der Waals surface area contributed by atoms with Gasteiger partial charge in [-0.05, 0) is 148 Å². The van der Waals surface area contributed by atoms with Crippen LogP contribution in [0.2, 0.25) is 0 Å². The summed E-state index contributed by atoms with van der Waals surface area (Å²) in [6.07, 6.45) is 5.58. The van der Waals surface area contributed by atoms with E-state index in [0.29, 0.717) is 0 Å². The van der Waals surface area contributed by atoms with E-state index in [9.17, 15) is 0 Å². The van der Waals surface area contributed by atoms with Crippen LogP contribution in [0.25, 0.3) is 116 Å². The van der Waals surface area contributed by atoms with Crippen LogP contribution in [0.15, 0.2) is 304 Å². The van der Waals surface area contributed by atoms with Gasteiger partial charge in [0.15, 0.2) is 0 Å². The van der Waals surface area contributed by atoms with Crippen LogP contribution in [0.1, 0.15) is 31.9 Å². The van der Waals surface area contributed by atoms with Crippen LogP contribution in [0, 0.1) is 0 Å². The normalized spacial score (nSPS) is 12.6. The highest BCUT2D eigenvalue weighted by molar-refractivity contribution is 6.31. The van der Waals surface area contributed by atoms with E-state index in [1.807, 2.05) is 19.1 Å². The molecule has 0 bridgehead atoms. The largest absolute Gasteiger partial charge is 0.311 e. The monoisotopic (exact) mass is 1080 g/mol. The van der Waals surface area contributed by atoms with Gasteiger partial charge in [0.25, 0.3) is 0 Å². The lowest BCUT2D eigenvalue weighted by molar-refractivity contribution is 0.660. The molecule has 0 saturated heterocycles. The third-order valence-corrected chi connectivity index (χ3v) is 17.4. The Labute approximate surface area is 490 Å². The molecule has 0 atom stereocenters. The zero-order valence-electron chi connectivity index (χ0n) is 47.3. The Morgan fingerprint density at radius 1 is 0.345 bits per heavy atom. The highest BCUT2D eigenvalue weighted by atomic mass is 15.1. The van der Waals surface area contributed by atoms with E-state index < -0.39 is 0 Å². The second-order valence-electron chi connectivity index (χ2n) is 22.4. The summed E-state index contributed by atoms with van der Waals surface area (Å²) >= 11 is 0. The predicted octanol–water partition coefficient (Wildman–Crippen LogP) is 21.8. The van der Waals surface area contributed by atoms with E-state index in [1.54, 1.807) is 6.08 Å². The SMILES string of the molecule is C=C/C=C\C.CC1(C)c2ccccc2-c2ccc(-n3c4ccccc4c4c3ccc3c5ccc6c(c7ccccc7n6-c6ccc(N(c7ccccc7)c7ccc(-c8ccccc8)cc7)cc6)c5n(-c5ccc(-c6ccccc6)cc5)c34)cc21. The van der Waals surface area contributed by atoms with Gasteiger partial charge in [0.2, 0.25) is 0 Å². The molecule has 0 amide bonds. The Kier molecular flexibility index (Phi) is 12.2. The van der Waals surface area contributed by atoms with Crippen molar-refractivity contribution >= 4 is 82.5 Å². The molecule has 15 aromatic rings. The lowest BCUT2D eigenvalue weighted by Gasteiger charge is -2.26. The molecule has 0 unspecified atom stereocenters. The summed E-state index contributed by atoms with van der Waals surface area (Å²) < 4.78 is 7.56. The fourth-order valence-electron chi connectivity index (χ4n) is 13.5. The standard InChI is InChI=1S/C75H52N4.C5H8/c1-75(2)65-27-15-12-24-59(65)60-43-42-58(48-66(60)75)78-68-29-17-14-26-64(68)72-70(78)47-45-62-61-44-46-69-71(73(61)79(74(62)72)57-36-32-52(33-37-57)50-20-8-4-9-21-50)63-25-13-16-28-67(63)77(69)56-40-38-55(39-41-56)76(53-22-10-5-11-23-53)54-34-30-51(31-35-54)49-18-6-3-7-19-49;1-3-5-4-2/h3-48H,1-2H3;3-5H,1H2,2H3/b;5-4-. The van der Waals surface area contributed by atoms with E-state index in [1.165, 1.54) is 105 Å². The minimum Gasteiger partial charge on any atom is -0.311 e. The number of hydrogen-bond acceptors (Lipinski definition) is 1. The van der Waals surface area contributed by atoms with Gasteiger partial charge in [0.1, 0.15) is 0 Å². The molecule has 0 spiro atoms. The van der Waals surface area contributed by atoms with Crippen LogP contribution < -0.4 is 4.90 Å². The molecule has 0 saturated carbocycles. The van der Waals surface area contributed by atoms with Crippen LogP contribution in [-0.2, 0) is 5.41 Å². The summed E-state index contributed by atoms with van der Waals surface area (Å²) in [5, 5.41) is 7.35. The van der Waals surface area contributed by atoms with Crippen LogP contribution in [-0.4, -0.2) is 13.7 Å². The van der Waals surface area contributed by atoms with Crippen molar-refractivity contribution < 1.29 is 0 Å². The molecule has 4 heteroatoms. The molecule has 16 rings (SSSR count). The number of anilines is 3. The number of rotatable bonds is 9. The van der Waals surface area contributed by atoms with Crippen molar-refractivity contribution in [2.24, 2.45) is 0 Å². The van der Waals surface area contributed by atoms with Crippen molar-refractivity contribution in [3.05, 3.63) is 315 Å². The van der Waals surface area contributed by atoms with Crippen molar-refractivity contribution in [2.45, 2.75) is 26.2 Å². The van der Waals surface area contributed by atoms with Crippen LogP contribution >= 0.6 is 0 Å². The predicted molar refractivity (Wildman–Crippen MR) is 358 cm³/mol. The Balaban J connectivity index is 0.00000115. The molecular weight excluding hydrogens is 1020 g/mol. The highest BCUT2D eigenvalue weighted by Gasteiger charge is 2.36. The Morgan fingerprint density at radius 3 is 1.31 bits per heavy atom. The quantitative estimate of drug-likeness (QED) is 0.132. The average molecular weight is 1080 g/mol. The molecule has 0 aliphatic heterocycles. The summed E-state index contributed by atoms with van der Waals surface area (Å²) in [6, 6.07) is 103. The maximum atomic E-state index is 3.46. The minimum absolute atomic E-state index is 0.128. The van der Waals surface area contributed by atoms with Crippen molar-refractivity contribution in [3.8, 4) is 50.4 Å². The molecule has 84 heavy (non-hydrogen) atoms. The van der Waals surface area contributed by atoms with Crippen LogP contribution in [0.4, 0.5) is 17.1 Å². The molecule has 0 N–H and O–H groups in total. The molecule has 0 fully saturated rings. The van der Waals surface area contributed by atoms with Gasteiger partial charge in [0, 0.05) is 71.9 Å². The summed E-state index contributed by atoms with van der Waals surface area (Å²) in [7, 11) is 0.